The van der Waals surface area contributed by atoms with Gasteiger partial charge in [-0.1, -0.05) is 0 Å². The fourth-order valence-corrected chi connectivity index (χ4v) is 2.85. The molecule has 190 valence electrons. The molecule has 34 heavy (non-hydrogen) atoms. The zero-order valence-electron chi connectivity index (χ0n) is 20.2. The summed E-state index contributed by atoms with van der Waals surface area (Å²) in [5, 5.41) is 30.4. The molecular formula is C24H36N2O8. The summed E-state index contributed by atoms with van der Waals surface area (Å²) in [5.41, 5.74) is 1.74. The van der Waals surface area contributed by atoms with Gasteiger partial charge in [0.05, 0.1) is 13.5 Å². The number of fused-ring (bicyclic) bond motifs is 1. The summed E-state index contributed by atoms with van der Waals surface area (Å²) in [4.78, 5) is 34.4. The van der Waals surface area contributed by atoms with Crippen LogP contribution in [0.15, 0.2) is 24.4 Å². The van der Waals surface area contributed by atoms with E-state index in [4.69, 9.17) is 19.7 Å². The molecule has 2 rings (SSSR count). The number of ether oxygens (including phenoxy) is 2. The first-order valence-corrected chi connectivity index (χ1v) is 11.1. The van der Waals surface area contributed by atoms with Crippen LogP contribution in [0.4, 0.5) is 0 Å². The molecule has 0 bridgehead atoms. The number of rotatable bonds is 12. The van der Waals surface area contributed by atoms with Crippen molar-refractivity contribution in [2.45, 2.75) is 64.5 Å². The van der Waals surface area contributed by atoms with Crippen molar-refractivity contribution in [1.82, 2.24) is 10.3 Å². The molecule has 1 atom stereocenters. The summed E-state index contributed by atoms with van der Waals surface area (Å²) < 4.78 is 10.4. The van der Waals surface area contributed by atoms with Gasteiger partial charge in [-0.3, -0.25) is 14.4 Å². The second kappa shape index (κ2) is 14.2. The third-order valence-corrected chi connectivity index (χ3v) is 4.64. The van der Waals surface area contributed by atoms with Gasteiger partial charge in [-0.05, 0) is 57.4 Å². The number of aliphatic carboxylic acids is 2. The molecule has 10 heteroatoms. The first kappa shape index (κ1) is 28.9. The van der Waals surface area contributed by atoms with E-state index in [1.54, 1.807) is 6.20 Å². The number of carbonyl (C=O) groups is 3. The predicted octanol–water partition coefficient (Wildman–Crippen LogP) is 2.73. The van der Waals surface area contributed by atoms with E-state index >= 15 is 0 Å². The summed E-state index contributed by atoms with van der Waals surface area (Å²) in [6.07, 6.45) is 2.43. The van der Waals surface area contributed by atoms with Crippen LogP contribution < -0.4 is 10.1 Å². The lowest BCUT2D eigenvalue weighted by atomic mass is 10.1. The van der Waals surface area contributed by atoms with E-state index in [0.717, 1.165) is 16.5 Å². The molecule has 0 fully saturated rings. The molecule has 5 N–H and O–H groups in total. The molecule has 0 saturated heterocycles. The highest BCUT2D eigenvalue weighted by Gasteiger charge is 2.14. The summed E-state index contributed by atoms with van der Waals surface area (Å²) in [6, 6.07) is 5.60. The molecular weight excluding hydrogens is 444 g/mol. The van der Waals surface area contributed by atoms with Crippen LogP contribution in [0.3, 0.4) is 0 Å². The van der Waals surface area contributed by atoms with Gasteiger partial charge in [-0.2, -0.15) is 0 Å². The second-order valence-corrected chi connectivity index (χ2v) is 8.86. The predicted molar refractivity (Wildman–Crippen MR) is 127 cm³/mol. The molecule has 0 amide bonds. The number of nitrogens with one attached hydrogen (secondary N) is 2. The Balaban J connectivity index is 0.000000489. The van der Waals surface area contributed by atoms with Gasteiger partial charge >= 0.3 is 17.9 Å². The van der Waals surface area contributed by atoms with Crippen LogP contribution in [-0.2, 0) is 25.5 Å². The average Bonchev–Trinajstić information content (AvgIpc) is 3.15. The van der Waals surface area contributed by atoms with Gasteiger partial charge in [0, 0.05) is 42.0 Å². The summed E-state index contributed by atoms with van der Waals surface area (Å²) >= 11 is 0. The van der Waals surface area contributed by atoms with Gasteiger partial charge < -0.3 is 35.1 Å². The number of hydrogen-bond donors (Lipinski definition) is 5. The Morgan fingerprint density at radius 3 is 2.24 bits per heavy atom. The molecule has 1 unspecified atom stereocenters. The van der Waals surface area contributed by atoms with Crippen molar-refractivity contribution < 1.29 is 39.2 Å². The number of carbonyl (C=O) groups excluding carboxylic acids is 1. The normalized spacial score (nSPS) is 11.9. The quantitative estimate of drug-likeness (QED) is 0.227. The first-order chi connectivity index (χ1) is 15.9. The number of H-pyrrole nitrogens is 1. The topological polar surface area (TPSA) is 158 Å². The number of methoxy groups -OCH3 is 1. The number of hydrogen-bond acceptors (Lipinski definition) is 7. The van der Waals surface area contributed by atoms with Crippen molar-refractivity contribution >= 4 is 28.8 Å². The Labute approximate surface area is 199 Å². The summed E-state index contributed by atoms with van der Waals surface area (Å²) in [7, 11) is 1.37. The van der Waals surface area contributed by atoms with Gasteiger partial charge in [0.2, 0.25) is 0 Å². The van der Waals surface area contributed by atoms with Crippen LogP contribution in [0.2, 0.25) is 0 Å². The van der Waals surface area contributed by atoms with Crippen molar-refractivity contribution in [2.24, 2.45) is 0 Å². The number of aliphatic hydroxyl groups is 1. The highest BCUT2D eigenvalue weighted by Crippen LogP contribution is 2.24. The van der Waals surface area contributed by atoms with Gasteiger partial charge in [0.15, 0.2) is 0 Å². The molecule has 1 aromatic carbocycles. The zero-order valence-corrected chi connectivity index (χ0v) is 20.2. The van der Waals surface area contributed by atoms with Gasteiger partial charge in [0.1, 0.15) is 18.5 Å². The lowest BCUT2D eigenvalue weighted by Crippen LogP contribution is -2.42. The minimum absolute atomic E-state index is 0.0478. The number of aromatic nitrogens is 1. The number of β-amino-alcohol motifs (C(OH)–C–C–N with tert-alkyl or cyclic N) is 1. The van der Waals surface area contributed by atoms with Crippen LogP contribution in [0.5, 0.6) is 5.75 Å². The number of aromatic amines is 1. The molecule has 1 heterocycles. The number of carboxylic acids is 2. The van der Waals surface area contributed by atoms with Crippen LogP contribution in [0.25, 0.3) is 10.9 Å². The van der Waals surface area contributed by atoms with Gasteiger partial charge in [-0.15, -0.1) is 0 Å². The lowest BCUT2D eigenvalue weighted by Gasteiger charge is -2.23. The Morgan fingerprint density at radius 1 is 1.09 bits per heavy atom. The first-order valence-electron chi connectivity index (χ1n) is 11.1. The van der Waals surface area contributed by atoms with E-state index in [1.807, 2.05) is 39.0 Å². The van der Waals surface area contributed by atoms with E-state index in [9.17, 15) is 19.5 Å². The third kappa shape index (κ3) is 12.2. The Kier molecular flexibility index (Phi) is 12.1. The standard InChI is InChI=1S/C18H26N2O4.C6H10O4/c1-18(2,3)20-10-13(21)11-24-14-5-6-16-15(8-14)12(9-19-16)7-17(22)23-4;7-5(8)3-1-2-4-6(9)10/h5-6,8-9,13,19-21H,7,10-11H2,1-4H3;1-4H2,(H,7,8)(H,9,10). The van der Waals surface area contributed by atoms with Crippen LogP contribution in [0.1, 0.15) is 52.0 Å². The highest BCUT2D eigenvalue weighted by atomic mass is 16.5. The summed E-state index contributed by atoms with van der Waals surface area (Å²) in [6.45, 7) is 6.80. The van der Waals surface area contributed by atoms with E-state index in [-0.39, 0.29) is 37.4 Å². The van der Waals surface area contributed by atoms with E-state index in [0.29, 0.717) is 25.1 Å². The fourth-order valence-electron chi connectivity index (χ4n) is 2.85. The number of esters is 1. The van der Waals surface area contributed by atoms with Crippen LogP contribution in [-0.4, -0.2) is 70.1 Å². The number of carboxylic acid groups (broad SMARTS) is 2. The maximum atomic E-state index is 11.5. The zero-order chi connectivity index (χ0) is 25.7. The van der Waals surface area contributed by atoms with Crippen LogP contribution >= 0.6 is 0 Å². The number of unbranched alkanes of at least 4 members (excludes halogenated alkanes) is 1. The third-order valence-electron chi connectivity index (χ3n) is 4.64. The SMILES string of the molecule is COC(=O)Cc1c[nH]c2ccc(OCC(O)CNC(C)(C)C)cc12.O=C(O)CCCCC(=O)O. The van der Waals surface area contributed by atoms with Crippen molar-refractivity contribution in [2.75, 3.05) is 20.3 Å². The Bertz CT molecular complexity index is 917. The number of aliphatic hydroxyl groups excluding tert-OH is 1. The smallest absolute Gasteiger partial charge is 0.310 e. The largest absolute Gasteiger partial charge is 0.491 e. The second-order valence-electron chi connectivity index (χ2n) is 8.86. The number of benzene rings is 1. The minimum Gasteiger partial charge on any atom is -0.491 e. The van der Waals surface area contributed by atoms with Crippen molar-refractivity contribution in [3.63, 3.8) is 0 Å². The van der Waals surface area contributed by atoms with Gasteiger partial charge in [0.25, 0.3) is 0 Å². The van der Waals surface area contributed by atoms with E-state index < -0.39 is 18.0 Å². The minimum atomic E-state index is -0.870. The van der Waals surface area contributed by atoms with E-state index in [2.05, 4.69) is 10.3 Å². The Morgan fingerprint density at radius 2 is 1.71 bits per heavy atom. The molecule has 0 radical (unpaired) electrons. The van der Waals surface area contributed by atoms with Crippen molar-refractivity contribution in [3.8, 4) is 5.75 Å². The molecule has 0 aliphatic carbocycles. The molecule has 2 aromatic rings. The van der Waals surface area contributed by atoms with E-state index in [1.165, 1.54) is 7.11 Å². The molecule has 0 spiro atoms. The molecule has 1 aromatic heterocycles. The average molecular weight is 481 g/mol. The molecule has 10 nitrogen and oxygen atoms in total. The maximum Gasteiger partial charge on any atom is 0.310 e. The van der Waals surface area contributed by atoms with Crippen LogP contribution in [0, 0.1) is 0 Å². The van der Waals surface area contributed by atoms with Gasteiger partial charge in [-0.25, -0.2) is 0 Å². The van der Waals surface area contributed by atoms with Crippen molar-refractivity contribution in [3.05, 3.63) is 30.0 Å². The maximum absolute atomic E-state index is 11.5. The summed E-state index contributed by atoms with van der Waals surface area (Å²) in [5.74, 6) is -1.37. The monoisotopic (exact) mass is 480 g/mol. The Hall–Kier alpha value is -3.11. The molecule has 0 saturated carbocycles. The fraction of sp³-hybridized carbons (Fsp3) is 0.542. The lowest BCUT2D eigenvalue weighted by molar-refractivity contribution is -0.140. The highest BCUT2D eigenvalue weighted by molar-refractivity contribution is 5.88. The van der Waals surface area contributed by atoms with Crippen molar-refractivity contribution in [1.29, 1.82) is 0 Å². The molecule has 0 aliphatic rings. The molecule has 0 aliphatic heterocycles.